The van der Waals surface area contributed by atoms with Crippen LogP contribution in [0, 0.1) is 0 Å². The van der Waals surface area contributed by atoms with Gasteiger partial charge in [0.05, 0.1) is 6.54 Å². The minimum Gasteiger partial charge on any atom is -0.338 e. The second-order valence-corrected chi connectivity index (χ2v) is 6.73. The van der Waals surface area contributed by atoms with Crippen LogP contribution in [0.2, 0.25) is 0 Å². The highest BCUT2D eigenvalue weighted by molar-refractivity contribution is 5.74. The van der Waals surface area contributed by atoms with Crippen molar-refractivity contribution in [2.75, 3.05) is 33.7 Å². The van der Waals surface area contributed by atoms with Crippen LogP contribution in [0.4, 0.5) is 18.0 Å². The van der Waals surface area contributed by atoms with Crippen molar-refractivity contribution in [3.05, 3.63) is 11.7 Å². The number of halogens is 3. The van der Waals surface area contributed by atoms with Gasteiger partial charge in [0.25, 0.3) is 0 Å². The van der Waals surface area contributed by atoms with E-state index in [1.807, 2.05) is 18.7 Å². The number of aromatic nitrogens is 2. The van der Waals surface area contributed by atoms with E-state index >= 15 is 0 Å². The maximum absolute atomic E-state index is 12.3. The molecule has 1 aliphatic heterocycles. The largest absolute Gasteiger partial charge is 0.396 e. The van der Waals surface area contributed by atoms with Crippen molar-refractivity contribution in [2.45, 2.75) is 38.5 Å². The van der Waals surface area contributed by atoms with Gasteiger partial charge in [-0.2, -0.15) is 18.2 Å². The number of carbonyl (C=O) groups is 1. The number of rotatable bonds is 3. The summed E-state index contributed by atoms with van der Waals surface area (Å²) in [6.45, 7) is 5.80. The van der Waals surface area contributed by atoms with Gasteiger partial charge in [0.15, 0.2) is 5.82 Å². The van der Waals surface area contributed by atoms with E-state index in [-0.39, 0.29) is 29.8 Å². The lowest BCUT2D eigenvalue weighted by Gasteiger charge is -2.47. The minimum absolute atomic E-state index is 0.0621. The Kier molecular flexibility index (Phi) is 5.07. The first-order valence-electron chi connectivity index (χ1n) is 7.57. The average molecular weight is 349 g/mol. The van der Waals surface area contributed by atoms with Crippen molar-refractivity contribution in [3.8, 4) is 0 Å². The average Bonchev–Trinajstić information content (AvgIpc) is 2.84. The zero-order valence-corrected chi connectivity index (χ0v) is 14.2. The highest BCUT2D eigenvalue weighted by atomic mass is 19.4. The molecule has 10 heteroatoms. The molecule has 0 bridgehead atoms. The van der Waals surface area contributed by atoms with Crippen molar-refractivity contribution in [1.82, 2.24) is 24.8 Å². The van der Waals surface area contributed by atoms with Gasteiger partial charge in [-0.3, -0.25) is 4.90 Å². The number of amides is 2. The lowest BCUT2D eigenvalue weighted by molar-refractivity contribution is -0.128. The van der Waals surface area contributed by atoms with Gasteiger partial charge in [-0.05, 0) is 13.8 Å². The molecular weight excluding hydrogens is 327 g/mol. The summed E-state index contributed by atoms with van der Waals surface area (Å²) in [5.41, 5.74) is -0.359. The van der Waals surface area contributed by atoms with E-state index in [9.17, 15) is 18.0 Å². The Balaban J connectivity index is 2.00. The molecule has 2 heterocycles. The topological polar surface area (TPSA) is 65.7 Å². The van der Waals surface area contributed by atoms with Crippen LogP contribution >= 0.6 is 0 Å². The quantitative estimate of drug-likeness (QED) is 0.832. The van der Waals surface area contributed by atoms with Crippen molar-refractivity contribution in [2.24, 2.45) is 0 Å². The van der Waals surface area contributed by atoms with Gasteiger partial charge >= 0.3 is 12.2 Å². The lowest BCUT2D eigenvalue weighted by atomic mass is 9.99. The van der Waals surface area contributed by atoms with Crippen LogP contribution in [0.3, 0.4) is 0 Å². The Bertz CT molecular complexity index is 585. The molecule has 0 aromatic carbocycles. The molecule has 0 unspecified atom stereocenters. The van der Waals surface area contributed by atoms with Crippen LogP contribution in [0.25, 0.3) is 0 Å². The van der Waals surface area contributed by atoms with Gasteiger partial charge < -0.3 is 14.3 Å². The Morgan fingerprint density at radius 2 is 2.00 bits per heavy atom. The highest BCUT2D eigenvalue weighted by Gasteiger charge is 2.37. The third-order valence-corrected chi connectivity index (χ3v) is 3.92. The smallest absolute Gasteiger partial charge is 0.338 e. The fourth-order valence-corrected chi connectivity index (χ4v) is 2.70. The van der Waals surface area contributed by atoms with Gasteiger partial charge in [0.2, 0.25) is 5.89 Å². The van der Waals surface area contributed by atoms with Crippen molar-refractivity contribution < 1.29 is 22.5 Å². The van der Waals surface area contributed by atoms with E-state index in [2.05, 4.69) is 10.1 Å². The van der Waals surface area contributed by atoms with E-state index in [4.69, 9.17) is 4.52 Å². The van der Waals surface area contributed by atoms with Crippen molar-refractivity contribution >= 4 is 6.03 Å². The number of urea groups is 1. The van der Waals surface area contributed by atoms with Crippen LogP contribution in [0.1, 0.15) is 25.6 Å². The van der Waals surface area contributed by atoms with Gasteiger partial charge in [-0.15, -0.1) is 0 Å². The van der Waals surface area contributed by atoms with Crippen molar-refractivity contribution in [1.29, 1.82) is 0 Å². The van der Waals surface area contributed by atoms with E-state index in [1.54, 1.807) is 19.0 Å². The molecule has 0 radical (unpaired) electrons. The first-order valence-corrected chi connectivity index (χ1v) is 7.57. The molecule has 2 rings (SSSR count). The van der Waals surface area contributed by atoms with E-state index in [0.29, 0.717) is 19.6 Å². The van der Waals surface area contributed by atoms with Gasteiger partial charge in [-0.1, -0.05) is 5.16 Å². The molecule has 0 atom stereocenters. The van der Waals surface area contributed by atoms with Crippen LogP contribution in [-0.4, -0.2) is 76.3 Å². The Labute approximate surface area is 138 Å². The van der Waals surface area contributed by atoms with Gasteiger partial charge in [0.1, 0.15) is 6.42 Å². The second-order valence-electron chi connectivity index (χ2n) is 6.73. The van der Waals surface area contributed by atoms with Crippen LogP contribution in [-0.2, 0) is 13.0 Å². The second kappa shape index (κ2) is 6.58. The summed E-state index contributed by atoms with van der Waals surface area (Å²) in [4.78, 5) is 21.2. The van der Waals surface area contributed by atoms with Crippen molar-refractivity contribution in [3.63, 3.8) is 0 Å². The van der Waals surface area contributed by atoms with E-state index in [0.717, 1.165) is 0 Å². The Morgan fingerprint density at radius 1 is 1.33 bits per heavy atom. The monoisotopic (exact) mass is 349 g/mol. The zero-order chi connectivity index (χ0) is 18.1. The zero-order valence-electron chi connectivity index (χ0n) is 14.2. The van der Waals surface area contributed by atoms with Gasteiger partial charge in [-0.25, -0.2) is 4.79 Å². The number of nitrogens with zero attached hydrogens (tertiary/aromatic N) is 5. The summed E-state index contributed by atoms with van der Waals surface area (Å²) in [5.74, 6) is -0.216. The maximum Gasteiger partial charge on any atom is 0.396 e. The maximum atomic E-state index is 12.3. The minimum atomic E-state index is -4.36. The third-order valence-electron chi connectivity index (χ3n) is 3.92. The molecule has 1 aromatic rings. The fourth-order valence-electron chi connectivity index (χ4n) is 2.70. The van der Waals surface area contributed by atoms with Crippen LogP contribution in [0.15, 0.2) is 4.52 Å². The lowest BCUT2D eigenvalue weighted by Crippen LogP contribution is -2.61. The Morgan fingerprint density at radius 3 is 2.54 bits per heavy atom. The summed E-state index contributed by atoms with van der Waals surface area (Å²) in [7, 11) is 3.39. The molecule has 0 spiro atoms. The number of piperazine rings is 1. The molecule has 0 aliphatic carbocycles. The highest BCUT2D eigenvalue weighted by Crippen LogP contribution is 2.24. The number of carbonyl (C=O) groups excluding carboxylic acids is 1. The molecule has 2 amide bonds. The first-order chi connectivity index (χ1) is 11.0. The molecule has 0 N–H and O–H groups in total. The Hall–Kier alpha value is -1.84. The number of hydrogen-bond acceptors (Lipinski definition) is 5. The van der Waals surface area contributed by atoms with E-state index < -0.39 is 12.6 Å². The molecule has 1 aromatic heterocycles. The molecule has 7 nitrogen and oxygen atoms in total. The van der Waals surface area contributed by atoms with E-state index in [1.165, 1.54) is 4.90 Å². The molecule has 136 valence electrons. The predicted octanol–water partition coefficient (Wildman–Crippen LogP) is 1.75. The summed E-state index contributed by atoms with van der Waals surface area (Å²) in [6, 6.07) is -0.0621. The molecule has 1 fully saturated rings. The predicted molar refractivity (Wildman–Crippen MR) is 79.2 cm³/mol. The van der Waals surface area contributed by atoms with Gasteiger partial charge in [0, 0.05) is 39.3 Å². The standard InChI is InChI=1S/C14H22F3N5O2/c1-13(2)9-21(12(23)20(3)4)5-6-22(13)8-11-18-10(19-24-11)7-14(15,16)17/h5-9H2,1-4H3. The summed E-state index contributed by atoms with van der Waals surface area (Å²) in [5, 5.41) is 3.38. The number of alkyl halides is 3. The summed E-state index contributed by atoms with van der Waals surface area (Å²) >= 11 is 0. The summed E-state index contributed by atoms with van der Waals surface area (Å²) < 4.78 is 42.0. The molecule has 24 heavy (non-hydrogen) atoms. The molecular formula is C14H22F3N5O2. The third kappa shape index (κ3) is 4.59. The molecule has 0 saturated carbocycles. The fraction of sp³-hybridized carbons (Fsp3) is 0.786. The normalized spacial score (nSPS) is 18.7. The molecule has 1 saturated heterocycles. The van der Waals surface area contributed by atoms with Crippen LogP contribution < -0.4 is 0 Å². The number of hydrogen-bond donors (Lipinski definition) is 0. The SMILES string of the molecule is CN(C)C(=O)N1CCN(Cc2nc(CC(F)(F)F)no2)C(C)(C)C1. The summed E-state index contributed by atoms with van der Waals surface area (Å²) in [6.07, 6.45) is -5.57. The molecule has 1 aliphatic rings. The van der Waals surface area contributed by atoms with Crippen LogP contribution in [0.5, 0.6) is 0 Å². The first kappa shape index (κ1) is 18.5.